The fourth-order valence-corrected chi connectivity index (χ4v) is 3.91. The van der Waals surface area contributed by atoms with Gasteiger partial charge in [0.15, 0.2) is 0 Å². The average molecular weight is 288 g/mol. The summed E-state index contributed by atoms with van der Waals surface area (Å²) in [5.74, 6) is 1.43. The summed E-state index contributed by atoms with van der Waals surface area (Å²) in [5.41, 5.74) is 0. The minimum Gasteiger partial charge on any atom is -0.281 e. The molecule has 108 valence electrons. The van der Waals surface area contributed by atoms with Crippen LogP contribution in [0.1, 0.15) is 57.8 Å². The fraction of sp³-hybridized carbons (Fsp3) is 0.929. The molecule has 0 amide bonds. The van der Waals surface area contributed by atoms with Crippen molar-refractivity contribution in [2.24, 2.45) is 17.8 Å². The molecule has 2 saturated carbocycles. The summed E-state index contributed by atoms with van der Waals surface area (Å²) in [6, 6.07) is -0.305. The summed E-state index contributed by atoms with van der Waals surface area (Å²) >= 11 is 5.54. The first-order chi connectivity index (χ1) is 9.06. The van der Waals surface area contributed by atoms with Crippen molar-refractivity contribution in [1.29, 1.82) is 0 Å². The third-order valence-electron chi connectivity index (χ3n) is 4.95. The molecule has 0 spiro atoms. The van der Waals surface area contributed by atoms with Crippen LogP contribution in [0.15, 0.2) is 0 Å². The summed E-state index contributed by atoms with van der Waals surface area (Å²) in [5, 5.41) is 10.5. The van der Waals surface area contributed by atoms with Crippen molar-refractivity contribution in [3.63, 3.8) is 0 Å². The predicted molar refractivity (Wildman–Crippen MR) is 73.7 cm³/mol. The van der Waals surface area contributed by atoms with E-state index < -0.39 is 0 Å². The maximum absolute atomic E-state index is 11.1. The highest BCUT2D eigenvalue weighted by atomic mass is 35.5. The van der Waals surface area contributed by atoms with E-state index in [1.165, 1.54) is 6.42 Å². The summed E-state index contributed by atoms with van der Waals surface area (Å²) < 4.78 is 0. The lowest BCUT2D eigenvalue weighted by atomic mass is 9.74. The number of nitrogens with zero attached hydrogens (tertiary/aromatic N) is 1. The second-order valence-electron chi connectivity index (χ2n) is 6.22. The summed E-state index contributed by atoms with van der Waals surface area (Å²) in [6.45, 7) is 0. The quantitative estimate of drug-likeness (QED) is 0.449. The topological polar surface area (TPSA) is 60.2 Å². The monoisotopic (exact) mass is 287 g/mol. The Hall–Kier alpha value is -0.640. The van der Waals surface area contributed by atoms with Crippen LogP contribution in [0.2, 0.25) is 0 Å². The molecule has 0 aliphatic heterocycles. The fourth-order valence-electron chi connectivity index (χ4n) is 3.69. The highest BCUT2D eigenvalue weighted by Gasteiger charge is 2.31. The molecule has 2 aliphatic carbocycles. The SMILES string of the molecule is O=C(Cl)C1CCC(CC2CCC([N+](=O)[O-])CC2)CC1. The van der Waals surface area contributed by atoms with Crippen LogP contribution in [-0.4, -0.2) is 16.2 Å². The first-order valence-corrected chi connectivity index (χ1v) is 7.77. The van der Waals surface area contributed by atoms with Crippen LogP contribution in [0.3, 0.4) is 0 Å². The lowest BCUT2D eigenvalue weighted by molar-refractivity contribution is -0.527. The van der Waals surface area contributed by atoms with Gasteiger partial charge in [-0.1, -0.05) is 0 Å². The van der Waals surface area contributed by atoms with Crippen molar-refractivity contribution in [3.05, 3.63) is 10.1 Å². The Morgan fingerprint density at radius 1 is 1.00 bits per heavy atom. The summed E-state index contributed by atoms with van der Waals surface area (Å²) in [6.07, 6.45) is 8.72. The molecular formula is C14H22ClNO3. The molecule has 2 fully saturated rings. The van der Waals surface area contributed by atoms with Gasteiger partial charge in [0.1, 0.15) is 0 Å². The second kappa shape index (κ2) is 6.69. The zero-order valence-electron chi connectivity index (χ0n) is 11.2. The number of hydrogen-bond acceptors (Lipinski definition) is 3. The van der Waals surface area contributed by atoms with E-state index in [1.807, 2.05) is 0 Å². The van der Waals surface area contributed by atoms with Gasteiger partial charge in [-0.2, -0.15) is 0 Å². The molecule has 2 rings (SSSR count). The summed E-state index contributed by atoms with van der Waals surface area (Å²) in [4.78, 5) is 21.7. The number of carbonyl (C=O) groups is 1. The molecule has 0 heterocycles. The van der Waals surface area contributed by atoms with Crippen LogP contribution in [0.4, 0.5) is 0 Å². The molecule has 0 radical (unpaired) electrons. The van der Waals surface area contributed by atoms with Crippen molar-refractivity contribution in [2.45, 2.75) is 63.8 Å². The molecule has 5 heteroatoms. The molecule has 2 aliphatic rings. The van der Waals surface area contributed by atoms with Crippen LogP contribution in [0.25, 0.3) is 0 Å². The number of nitro groups is 1. The Bertz CT molecular complexity index is 300. The maximum atomic E-state index is 11.1. The Morgan fingerprint density at radius 3 is 1.89 bits per heavy atom. The number of hydrogen-bond donors (Lipinski definition) is 0. The first-order valence-electron chi connectivity index (χ1n) is 7.39. The molecule has 4 nitrogen and oxygen atoms in total. The average Bonchev–Trinajstić information content (AvgIpc) is 2.40. The Balaban J connectivity index is 1.69. The number of halogens is 1. The van der Waals surface area contributed by atoms with E-state index in [2.05, 4.69) is 0 Å². The molecule has 0 bridgehead atoms. The maximum Gasteiger partial charge on any atom is 0.224 e. The largest absolute Gasteiger partial charge is 0.281 e. The van der Waals surface area contributed by atoms with Crippen LogP contribution < -0.4 is 0 Å². The highest BCUT2D eigenvalue weighted by molar-refractivity contribution is 6.63. The molecule has 19 heavy (non-hydrogen) atoms. The van der Waals surface area contributed by atoms with Gasteiger partial charge in [0, 0.05) is 23.7 Å². The predicted octanol–water partition coefficient (Wildman–Crippen LogP) is 3.78. The van der Waals surface area contributed by atoms with Crippen LogP contribution >= 0.6 is 11.6 Å². The highest BCUT2D eigenvalue weighted by Crippen LogP contribution is 2.37. The first kappa shape index (κ1) is 14.8. The van der Waals surface area contributed by atoms with E-state index >= 15 is 0 Å². The zero-order valence-corrected chi connectivity index (χ0v) is 12.0. The van der Waals surface area contributed by atoms with Gasteiger partial charge in [0.25, 0.3) is 0 Å². The van der Waals surface area contributed by atoms with Gasteiger partial charge in [-0.3, -0.25) is 14.9 Å². The van der Waals surface area contributed by atoms with Crippen molar-refractivity contribution in [2.75, 3.05) is 0 Å². The van der Waals surface area contributed by atoms with Crippen molar-refractivity contribution < 1.29 is 9.72 Å². The van der Waals surface area contributed by atoms with Gasteiger partial charge in [-0.05, 0) is 68.4 Å². The molecule has 0 atom stereocenters. The van der Waals surface area contributed by atoms with Gasteiger partial charge in [0.2, 0.25) is 11.3 Å². The van der Waals surface area contributed by atoms with E-state index in [0.29, 0.717) is 11.8 Å². The number of carbonyl (C=O) groups excluding carboxylic acids is 1. The van der Waals surface area contributed by atoms with Crippen molar-refractivity contribution >= 4 is 16.8 Å². The molecule has 0 saturated heterocycles. The molecule has 0 unspecified atom stereocenters. The smallest absolute Gasteiger partial charge is 0.224 e. The third kappa shape index (κ3) is 4.16. The van der Waals surface area contributed by atoms with Crippen LogP contribution in [0, 0.1) is 27.9 Å². The Morgan fingerprint density at radius 2 is 1.47 bits per heavy atom. The lowest BCUT2D eigenvalue weighted by Crippen LogP contribution is -2.27. The van der Waals surface area contributed by atoms with Gasteiger partial charge in [0.05, 0.1) is 0 Å². The van der Waals surface area contributed by atoms with E-state index in [9.17, 15) is 14.9 Å². The van der Waals surface area contributed by atoms with E-state index in [1.54, 1.807) is 0 Å². The Kier molecular flexibility index (Phi) is 5.20. The van der Waals surface area contributed by atoms with E-state index in [-0.39, 0.29) is 22.1 Å². The normalized spacial score (nSPS) is 35.8. The van der Waals surface area contributed by atoms with Crippen LogP contribution in [-0.2, 0) is 4.79 Å². The van der Waals surface area contributed by atoms with Gasteiger partial charge in [-0.15, -0.1) is 0 Å². The van der Waals surface area contributed by atoms with Crippen LogP contribution in [0.5, 0.6) is 0 Å². The minimum atomic E-state index is -0.305. The molecule has 0 aromatic carbocycles. The molecular weight excluding hydrogens is 266 g/mol. The van der Waals surface area contributed by atoms with E-state index in [4.69, 9.17) is 11.6 Å². The molecule has 0 aromatic rings. The standard InChI is InChI=1S/C14H22ClNO3/c15-14(17)12-5-1-10(2-6-12)9-11-3-7-13(8-4-11)16(18)19/h10-13H,1-9H2. The van der Waals surface area contributed by atoms with Gasteiger partial charge in [-0.25, -0.2) is 0 Å². The van der Waals surface area contributed by atoms with Gasteiger partial charge >= 0.3 is 0 Å². The lowest BCUT2D eigenvalue weighted by Gasteiger charge is -2.31. The minimum absolute atomic E-state index is 0.0723. The van der Waals surface area contributed by atoms with E-state index in [0.717, 1.165) is 51.4 Å². The Labute approximate surface area is 119 Å². The molecule has 0 aromatic heterocycles. The van der Waals surface area contributed by atoms with Crippen molar-refractivity contribution in [3.8, 4) is 0 Å². The van der Waals surface area contributed by atoms with Gasteiger partial charge < -0.3 is 0 Å². The zero-order chi connectivity index (χ0) is 13.8. The number of rotatable bonds is 4. The van der Waals surface area contributed by atoms with Crippen molar-refractivity contribution in [1.82, 2.24) is 0 Å². The summed E-state index contributed by atoms with van der Waals surface area (Å²) in [7, 11) is 0. The second-order valence-corrected chi connectivity index (χ2v) is 6.59. The third-order valence-corrected chi connectivity index (χ3v) is 5.26. The molecule has 0 N–H and O–H groups in total.